The Labute approximate surface area is 187 Å². The summed E-state index contributed by atoms with van der Waals surface area (Å²) in [5, 5.41) is 3.32. The van der Waals surface area contributed by atoms with Crippen molar-refractivity contribution in [1.29, 1.82) is 0 Å². The number of hydrogen-bond acceptors (Lipinski definition) is 4. The van der Waals surface area contributed by atoms with Crippen LogP contribution in [0.4, 0.5) is 5.69 Å². The van der Waals surface area contributed by atoms with Crippen molar-refractivity contribution < 1.29 is 17.9 Å². The highest BCUT2D eigenvalue weighted by atomic mass is 35.5. The van der Waals surface area contributed by atoms with Crippen molar-refractivity contribution in [1.82, 2.24) is 4.31 Å². The predicted molar refractivity (Wildman–Crippen MR) is 122 cm³/mol. The van der Waals surface area contributed by atoms with Gasteiger partial charge in [-0.25, -0.2) is 12.7 Å². The van der Waals surface area contributed by atoms with E-state index < -0.39 is 10.0 Å². The smallest absolute Gasteiger partial charge is 0.242 e. The molecule has 0 aliphatic carbocycles. The van der Waals surface area contributed by atoms with Crippen molar-refractivity contribution >= 4 is 33.2 Å². The molecule has 6 nitrogen and oxygen atoms in total. The molecule has 0 heterocycles. The third-order valence-electron chi connectivity index (χ3n) is 4.53. The lowest BCUT2D eigenvalue weighted by molar-refractivity contribution is -0.116. The molecular formula is C23H23ClN2O4S. The fraction of sp³-hybridized carbons (Fsp3) is 0.174. The summed E-state index contributed by atoms with van der Waals surface area (Å²) in [6.07, 6.45) is 0.681. The second-order valence-corrected chi connectivity index (χ2v) is 9.62. The topological polar surface area (TPSA) is 75.7 Å². The third kappa shape index (κ3) is 6.07. The minimum Gasteiger partial charge on any atom is -0.455 e. The van der Waals surface area contributed by atoms with Crippen molar-refractivity contribution in [2.24, 2.45) is 0 Å². The van der Waals surface area contributed by atoms with Crippen LogP contribution in [0.2, 0.25) is 5.02 Å². The molecule has 0 aromatic heterocycles. The Kier molecular flexibility index (Phi) is 7.33. The Morgan fingerprint density at radius 2 is 1.68 bits per heavy atom. The van der Waals surface area contributed by atoms with Crippen molar-refractivity contribution in [3.05, 3.63) is 83.4 Å². The van der Waals surface area contributed by atoms with E-state index in [1.54, 1.807) is 42.5 Å². The van der Waals surface area contributed by atoms with E-state index in [2.05, 4.69) is 5.32 Å². The number of rotatable bonds is 8. The van der Waals surface area contributed by atoms with Gasteiger partial charge in [-0.3, -0.25) is 4.79 Å². The second-order valence-electron chi connectivity index (χ2n) is 7.04. The van der Waals surface area contributed by atoms with E-state index in [4.69, 9.17) is 16.3 Å². The van der Waals surface area contributed by atoms with Crippen LogP contribution in [-0.4, -0.2) is 32.7 Å². The quantitative estimate of drug-likeness (QED) is 0.518. The molecule has 0 aliphatic rings. The number of halogens is 1. The number of amides is 1. The van der Waals surface area contributed by atoms with Gasteiger partial charge in [-0.2, -0.15) is 0 Å². The second kappa shape index (κ2) is 9.96. The van der Waals surface area contributed by atoms with Gasteiger partial charge in [0.2, 0.25) is 15.9 Å². The van der Waals surface area contributed by atoms with Gasteiger partial charge in [0.25, 0.3) is 0 Å². The first-order valence-corrected chi connectivity index (χ1v) is 11.4. The number of hydrogen-bond donors (Lipinski definition) is 1. The molecule has 3 aromatic rings. The standard InChI is InChI=1S/C23H23ClN2O4S/c1-26(2)31(28,29)20-12-8-17(9-13-20)10-15-23(27)25-21-16-18(24)11-14-22(21)30-19-6-4-3-5-7-19/h3-9,11-14,16H,10,15H2,1-2H3,(H,25,27). The summed E-state index contributed by atoms with van der Waals surface area (Å²) in [4.78, 5) is 12.7. The van der Waals surface area contributed by atoms with Crippen LogP contribution >= 0.6 is 11.6 Å². The molecular weight excluding hydrogens is 436 g/mol. The van der Waals surface area contributed by atoms with Crippen molar-refractivity contribution in [3.63, 3.8) is 0 Å². The van der Waals surface area contributed by atoms with E-state index in [1.807, 2.05) is 30.3 Å². The third-order valence-corrected chi connectivity index (χ3v) is 6.59. The molecule has 0 radical (unpaired) electrons. The summed E-state index contributed by atoms with van der Waals surface area (Å²) in [6.45, 7) is 0. The van der Waals surface area contributed by atoms with E-state index in [-0.39, 0.29) is 17.2 Å². The maximum absolute atomic E-state index is 12.5. The molecule has 0 unspecified atom stereocenters. The number of aryl methyl sites for hydroxylation is 1. The van der Waals surface area contributed by atoms with Crippen LogP contribution in [0.3, 0.4) is 0 Å². The number of para-hydroxylation sites is 1. The highest BCUT2D eigenvalue weighted by molar-refractivity contribution is 7.89. The van der Waals surface area contributed by atoms with Gasteiger partial charge in [0.15, 0.2) is 5.75 Å². The van der Waals surface area contributed by atoms with Gasteiger partial charge in [-0.15, -0.1) is 0 Å². The minimum atomic E-state index is -3.47. The van der Waals surface area contributed by atoms with Crippen LogP contribution in [0.5, 0.6) is 11.5 Å². The number of nitrogens with zero attached hydrogens (tertiary/aromatic N) is 1. The fourth-order valence-corrected chi connectivity index (χ4v) is 3.89. The summed E-state index contributed by atoms with van der Waals surface area (Å²) >= 11 is 6.09. The van der Waals surface area contributed by atoms with E-state index >= 15 is 0 Å². The lowest BCUT2D eigenvalue weighted by atomic mass is 10.1. The normalized spacial score (nSPS) is 11.4. The number of carbonyl (C=O) groups excluding carboxylic acids is 1. The molecule has 0 atom stereocenters. The summed E-state index contributed by atoms with van der Waals surface area (Å²) in [5.74, 6) is 0.931. The van der Waals surface area contributed by atoms with Crippen LogP contribution < -0.4 is 10.1 Å². The summed E-state index contributed by atoms with van der Waals surface area (Å²) in [7, 11) is -0.502. The molecule has 0 bridgehead atoms. The van der Waals surface area contributed by atoms with Gasteiger partial charge in [0.05, 0.1) is 10.6 Å². The molecule has 31 heavy (non-hydrogen) atoms. The highest BCUT2D eigenvalue weighted by Crippen LogP contribution is 2.32. The number of nitrogens with one attached hydrogen (secondary N) is 1. The van der Waals surface area contributed by atoms with Crippen LogP contribution in [0.15, 0.2) is 77.7 Å². The van der Waals surface area contributed by atoms with Gasteiger partial charge in [-0.1, -0.05) is 41.9 Å². The number of anilines is 1. The van der Waals surface area contributed by atoms with Crippen LogP contribution in [0.1, 0.15) is 12.0 Å². The SMILES string of the molecule is CN(C)S(=O)(=O)c1ccc(CCC(=O)Nc2cc(Cl)ccc2Oc2ccccc2)cc1. The fourth-order valence-electron chi connectivity index (χ4n) is 2.81. The minimum absolute atomic E-state index is 0.204. The van der Waals surface area contributed by atoms with Crippen molar-refractivity contribution in [3.8, 4) is 11.5 Å². The molecule has 1 amide bonds. The van der Waals surface area contributed by atoms with Gasteiger partial charge in [-0.05, 0) is 54.4 Å². The maximum atomic E-state index is 12.5. The molecule has 0 saturated carbocycles. The van der Waals surface area contributed by atoms with Crippen LogP contribution in [-0.2, 0) is 21.2 Å². The summed E-state index contributed by atoms with van der Waals surface area (Å²) < 4.78 is 31.3. The highest BCUT2D eigenvalue weighted by Gasteiger charge is 2.16. The van der Waals surface area contributed by atoms with Gasteiger partial charge >= 0.3 is 0 Å². The Bertz CT molecular complexity index is 1150. The number of ether oxygens (including phenoxy) is 1. The zero-order valence-corrected chi connectivity index (χ0v) is 18.8. The zero-order valence-electron chi connectivity index (χ0n) is 17.2. The first kappa shape index (κ1) is 22.8. The number of sulfonamides is 1. The molecule has 0 saturated heterocycles. The molecule has 0 fully saturated rings. The van der Waals surface area contributed by atoms with Gasteiger partial charge < -0.3 is 10.1 Å². The summed E-state index contributed by atoms with van der Waals surface area (Å²) in [5.41, 5.74) is 1.34. The monoisotopic (exact) mass is 458 g/mol. The van der Waals surface area contributed by atoms with E-state index in [0.29, 0.717) is 28.6 Å². The predicted octanol–water partition coefficient (Wildman–Crippen LogP) is 4.95. The summed E-state index contributed by atoms with van der Waals surface area (Å²) in [6, 6.07) is 20.8. The lowest BCUT2D eigenvalue weighted by Gasteiger charge is -2.13. The Morgan fingerprint density at radius 1 is 1.00 bits per heavy atom. The first-order chi connectivity index (χ1) is 14.8. The first-order valence-electron chi connectivity index (χ1n) is 9.59. The average Bonchev–Trinajstić information content (AvgIpc) is 2.75. The largest absolute Gasteiger partial charge is 0.455 e. The van der Waals surface area contributed by atoms with E-state index in [9.17, 15) is 13.2 Å². The Hall–Kier alpha value is -2.87. The lowest BCUT2D eigenvalue weighted by Crippen LogP contribution is -2.22. The van der Waals surface area contributed by atoms with Crippen LogP contribution in [0, 0.1) is 0 Å². The van der Waals surface area contributed by atoms with Crippen molar-refractivity contribution in [2.45, 2.75) is 17.7 Å². The molecule has 0 spiro atoms. The Morgan fingerprint density at radius 3 is 2.32 bits per heavy atom. The van der Waals surface area contributed by atoms with Crippen LogP contribution in [0.25, 0.3) is 0 Å². The maximum Gasteiger partial charge on any atom is 0.242 e. The molecule has 162 valence electrons. The van der Waals surface area contributed by atoms with E-state index in [0.717, 1.165) is 9.87 Å². The zero-order chi connectivity index (χ0) is 22.4. The van der Waals surface area contributed by atoms with E-state index in [1.165, 1.54) is 14.1 Å². The number of benzene rings is 3. The number of carbonyl (C=O) groups is 1. The molecule has 0 aliphatic heterocycles. The molecule has 8 heteroatoms. The van der Waals surface area contributed by atoms with Gasteiger partial charge in [0.1, 0.15) is 5.75 Å². The molecule has 3 rings (SSSR count). The van der Waals surface area contributed by atoms with Crippen molar-refractivity contribution in [2.75, 3.05) is 19.4 Å². The molecule has 1 N–H and O–H groups in total. The average molecular weight is 459 g/mol. The molecule has 3 aromatic carbocycles. The van der Waals surface area contributed by atoms with Gasteiger partial charge in [0, 0.05) is 25.5 Å². The Balaban J connectivity index is 1.64.